The molecule has 0 aromatic carbocycles. The van der Waals surface area contributed by atoms with E-state index in [2.05, 4.69) is 35.6 Å². The number of ketones is 1. The van der Waals surface area contributed by atoms with Crippen LogP contribution in [0.15, 0.2) is 47.6 Å². The Morgan fingerprint density at radius 1 is 1.06 bits per heavy atom. The van der Waals surface area contributed by atoms with Gasteiger partial charge in [-0.2, -0.15) is 0 Å². The lowest BCUT2D eigenvalue weighted by atomic mass is 9.97. The van der Waals surface area contributed by atoms with Crippen LogP contribution >= 0.6 is 0 Å². The zero-order valence-corrected chi connectivity index (χ0v) is 29.0. The van der Waals surface area contributed by atoms with E-state index in [9.17, 15) is 13.2 Å². The fraction of sp³-hybridized carbons (Fsp3) is 0.529. The highest BCUT2D eigenvalue weighted by molar-refractivity contribution is 7.92. The molecule has 0 amide bonds. The summed E-state index contributed by atoms with van der Waals surface area (Å²) in [5.74, 6) is 0.0463. The summed E-state index contributed by atoms with van der Waals surface area (Å²) in [6.45, 7) is 15.7. The second-order valence-corrected chi connectivity index (χ2v) is 14.7. The van der Waals surface area contributed by atoms with Crippen molar-refractivity contribution in [2.45, 2.75) is 64.6 Å². The Morgan fingerprint density at radius 3 is 2.40 bits per heavy atom. The average Bonchev–Trinajstić information content (AvgIpc) is 3.29. The van der Waals surface area contributed by atoms with E-state index in [1.807, 2.05) is 26.8 Å². The van der Waals surface area contributed by atoms with Crippen molar-refractivity contribution in [2.24, 2.45) is 5.92 Å². The van der Waals surface area contributed by atoms with Crippen LogP contribution in [0.1, 0.15) is 59.8 Å². The van der Waals surface area contributed by atoms with E-state index in [4.69, 9.17) is 29.7 Å². The molecular weight excluding hydrogens is 622 g/mol. The SMILES string of the molecule is Cc1cc(-c2ccc(C(=O)CS(=O)(=O)c3cccc(N)n3)c(N3C[C@@H](C)CC3(C)C)n2)cnc1OCCOCCOCCOC(C)C.[HH].[HH]. The van der Waals surface area contributed by atoms with Crippen LogP contribution in [-0.2, 0) is 24.0 Å². The van der Waals surface area contributed by atoms with Gasteiger partial charge in [0.25, 0.3) is 0 Å². The molecule has 13 heteroatoms. The van der Waals surface area contributed by atoms with Gasteiger partial charge in [0.1, 0.15) is 24.0 Å². The first-order valence-corrected chi connectivity index (χ1v) is 17.6. The molecule has 260 valence electrons. The van der Waals surface area contributed by atoms with Crippen molar-refractivity contribution in [2.75, 3.05) is 62.6 Å². The molecule has 0 radical (unpaired) electrons. The van der Waals surface area contributed by atoms with Crippen LogP contribution in [-0.4, -0.2) is 92.7 Å². The second kappa shape index (κ2) is 16.0. The molecule has 1 aliphatic rings. The van der Waals surface area contributed by atoms with Crippen molar-refractivity contribution in [3.63, 3.8) is 0 Å². The van der Waals surface area contributed by atoms with Crippen molar-refractivity contribution in [1.82, 2.24) is 15.0 Å². The lowest BCUT2D eigenvalue weighted by Crippen LogP contribution is -2.40. The third-order valence-electron chi connectivity index (χ3n) is 7.73. The van der Waals surface area contributed by atoms with Crippen LogP contribution in [0.4, 0.5) is 11.6 Å². The summed E-state index contributed by atoms with van der Waals surface area (Å²) in [6, 6.07) is 9.63. The molecule has 4 rings (SSSR count). The second-order valence-electron chi connectivity index (χ2n) is 12.7. The summed E-state index contributed by atoms with van der Waals surface area (Å²) in [4.78, 5) is 29.1. The van der Waals surface area contributed by atoms with Gasteiger partial charge in [-0.05, 0) is 77.3 Å². The molecule has 1 aliphatic heterocycles. The maximum atomic E-state index is 13.6. The van der Waals surface area contributed by atoms with Crippen LogP contribution in [0.2, 0.25) is 0 Å². The van der Waals surface area contributed by atoms with E-state index in [1.54, 1.807) is 18.3 Å². The fourth-order valence-corrected chi connectivity index (χ4v) is 6.81. The number of nitrogens with two attached hydrogens (primary N) is 1. The van der Waals surface area contributed by atoms with Gasteiger partial charge in [-0.15, -0.1) is 0 Å². The number of nitrogen functional groups attached to an aromatic ring is 1. The molecule has 2 N–H and O–H groups in total. The van der Waals surface area contributed by atoms with E-state index in [0.717, 1.165) is 17.5 Å². The minimum absolute atomic E-state index is 0. The van der Waals surface area contributed by atoms with Gasteiger partial charge in [-0.25, -0.2) is 23.4 Å². The number of sulfone groups is 1. The summed E-state index contributed by atoms with van der Waals surface area (Å²) < 4.78 is 48.6. The molecule has 12 nitrogen and oxygen atoms in total. The van der Waals surface area contributed by atoms with Gasteiger partial charge in [-0.1, -0.05) is 13.0 Å². The smallest absolute Gasteiger partial charge is 0.216 e. The average molecular weight is 674 g/mol. The Balaban J connectivity index is 0.00000417. The minimum atomic E-state index is -4.03. The zero-order chi connectivity index (χ0) is 34.2. The van der Waals surface area contributed by atoms with Crippen LogP contribution in [0, 0.1) is 12.8 Å². The monoisotopic (exact) mass is 673 g/mol. The largest absolute Gasteiger partial charge is 0.475 e. The van der Waals surface area contributed by atoms with Crippen molar-refractivity contribution in [3.8, 4) is 17.1 Å². The highest BCUT2D eigenvalue weighted by atomic mass is 32.2. The number of ether oxygens (including phenoxy) is 4. The Hall–Kier alpha value is -3.65. The molecule has 47 heavy (non-hydrogen) atoms. The lowest BCUT2D eigenvalue weighted by molar-refractivity contribution is -0.00483. The fourth-order valence-electron chi connectivity index (χ4n) is 5.64. The first kappa shape index (κ1) is 36.2. The number of pyridine rings is 3. The molecule has 1 fully saturated rings. The van der Waals surface area contributed by atoms with E-state index >= 15 is 0 Å². The number of hydrogen-bond donors (Lipinski definition) is 1. The highest BCUT2D eigenvalue weighted by Gasteiger charge is 2.39. The summed E-state index contributed by atoms with van der Waals surface area (Å²) in [5, 5.41) is -0.236. The molecule has 0 bridgehead atoms. The quantitative estimate of drug-likeness (QED) is 0.151. The molecule has 0 spiro atoms. The van der Waals surface area contributed by atoms with E-state index in [1.165, 1.54) is 18.2 Å². The predicted molar refractivity (Wildman–Crippen MR) is 185 cm³/mol. The summed E-state index contributed by atoms with van der Waals surface area (Å²) in [5.41, 5.74) is 7.81. The van der Waals surface area contributed by atoms with Gasteiger partial charge < -0.3 is 29.6 Å². The first-order valence-electron chi connectivity index (χ1n) is 15.9. The zero-order valence-electron chi connectivity index (χ0n) is 28.2. The van der Waals surface area contributed by atoms with Crippen LogP contribution in [0.25, 0.3) is 11.3 Å². The van der Waals surface area contributed by atoms with Crippen molar-refractivity contribution < 1.29 is 35.0 Å². The number of nitrogens with zero attached hydrogens (tertiary/aromatic N) is 4. The highest BCUT2D eigenvalue weighted by Crippen LogP contribution is 2.38. The molecule has 0 saturated carbocycles. The van der Waals surface area contributed by atoms with Crippen molar-refractivity contribution in [3.05, 3.63) is 53.7 Å². The number of Topliss-reactive ketones (excluding diaryl/α,β-unsaturated/α-hetero) is 1. The van der Waals surface area contributed by atoms with Gasteiger partial charge in [0, 0.05) is 32.3 Å². The molecule has 1 atom stereocenters. The van der Waals surface area contributed by atoms with Gasteiger partial charge in [0.2, 0.25) is 15.7 Å². The van der Waals surface area contributed by atoms with Crippen LogP contribution in [0.3, 0.4) is 0 Å². The number of rotatable bonds is 17. The molecule has 0 unspecified atom stereocenters. The van der Waals surface area contributed by atoms with Crippen LogP contribution < -0.4 is 15.4 Å². The summed E-state index contributed by atoms with van der Waals surface area (Å²) in [6.07, 6.45) is 2.76. The van der Waals surface area contributed by atoms with E-state index in [-0.39, 0.29) is 30.9 Å². The number of carbonyl (C=O) groups is 1. The predicted octanol–water partition coefficient (Wildman–Crippen LogP) is 5.04. The van der Waals surface area contributed by atoms with Gasteiger partial charge in [0.05, 0.1) is 50.4 Å². The third kappa shape index (κ3) is 9.92. The van der Waals surface area contributed by atoms with Gasteiger partial charge >= 0.3 is 0 Å². The topological polar surface area (TPSA) is 156 Å². The maximum Gasteiger partial charge on any atom is 0.216 e. The van der Waals surface area contributed by atoms with Gasteiger partial charge in [-0.3, -0.25) is 4.79 Å². The van der Waals surface area contributed by atoms with Gasteiger partial charge in [0.15, 0.2) is 10.8 Å². The van der Waals surface area contributed by atoms with Crippen LogP contribution in [0.5, 0.6) is 5.88 Å². The first-order chi connectivity index (χ1) is 22.3. The maximum absolute atomic E-state index is 13.6. The van der Waals surface area contributed by atoms with E-state index in [0.29, 0.717) is 69.5 Å². The molecule has 3 aromatic heterocycles. The molecule has 1 saturated heterocycles. The van der Waals surface area contributed by atoms with Crippen molar-refractivity contribution in [1.29, 1.82) is 0 Å². The normalized spacial score (nSPS) is 16.1. The number of anilines is 2. The summed E-state index contributed by atoms with van der Waals surface area (Å²) in [7, 11) is -4.03. The Kier molecular flexibility index (Phi) is 12.3. The Morgan fingerprint density at radius 2 is 1.77 bits per heavy atom. The third-order valence-corrected chi connectivity index (χ3v) is 9.24. The van der Waals surface area contributed by atoms with Crippen molar-refractivity contribution >= 4 is 27.3 Å². The number of aryl methyl sites for hydroxylation is 1. The molecular formula is C34H51N5O7S. The molecule has 4 heterocycles. The number of aromatic nitrogens is 3. The van der Waals surface area contributed by atoms with E-state index < -0.39 is 21.4 Å². The summed E-state index contributed by atoms with van der Waals surface area (Å²) >= 11 is 0. The standard InChI is InChI=1S/C34H47N5O7S.2H2/c1-23(2)45-16-14-43-12-13-44-15-17-46-33-25(4)18-26(20-36-33)28-11-10-27(32(37-28)39-21-24(3)19-34(39,5)6)29(40)22-47(41,42)31-9-7-8-30(35)38-31;;/h7-11,18,20,23-24H,12-17,19,21-22H2,1-6H3,(H2,35,38);2*1H/t24-;;/m0../s1. The molecule has 0 aliphatic carbocycles. The lowest BCUT2D eigenvalue weighted by Gasteiger charge is -2.34. The number of hydrogen-bond acceptors (Lipinski definition) is 12. The Bertz CT molecular complexity index is 1640. The Labute approximate surface area is 280 Å². The number of carbonyl (C=O) groups excluding carboxylic acids is 1. The minimum Gasteiger partial charge on any atom is -0.475 e. The molecule has 3 aromatic rings.